The highest BCUT2D eigenvalue weighted by Crippen LogP contribution is 2.33. The maximum absolute atomic E-state index is 4.58. The van der Waals surface area contributed by atoms with Crippen molar-refractivity contribution in [1.82, 2.24) is 0 Å². The first-order chi connectivity index (χ1) is 6.45. The summed E-state index contributed by atoms with van der Waals surface area (Å²) in [7, 11) is 0. The van der Waals surface area contributed by atoms with Crippen molar-refractivity contribution in [3.05, 3.63) is 0 Å². The highest BCUT2D eigenvalue weighted by Gasteiger charge is 2.31. The zero-order valence-corrected chi connectivity index (χ0v) is 13.4. The van der Waals surface area contributed by atoms with Crippen molar-refractivity contribution in [2.24, 2.45) is 5.92 Å². The van der Waals surface area contributed by atoms with E-state index in [1.54, 1.807) is 0 Å². The highest BCUT2D eigenvalue weighted by atomic mass is 32.2. The van der Waals surface area contributed by atoms with Gasteiger partial charge < -0.3 is 0 Å². The molecule has 4 unspecified atom stereocenters. The standard InChI is InChI=1S/C8H18S6/c1-2-4(10)7(12)6(8(13)14)5(11)3-9/h4-14H,2-3H2,1H3. The third kappa shape index (κ3) is 4.95. The van der Waals surface area contributed by atoms with Crippen LogP contribution >= 0.6 is 75.8 Å². The Labute approximate surface area is 120 Å². The summed E-state index contributed by atoms with van der Waals surface area (Å²) in [5, 5.41) is 0.555. The predicted octanol–water partition coefficient (Wildman–Crippen LogP) is 3.02. The Hall–Kier alpha value is 2.10. The zero-order valence-electron chi connectivity index (χ0n) is 7.98. The Morgan fingerprint density at radius 3 is 1.71 bits per heavy atom. The molecular formula is C8H18S6. The van der Waals surface area contributed by atoms with Crippen LogP contribution in [0.1, 0.15) is 13.3 Å². The lowest BCUT2D eigenvalue weighted by Crippen LogP contribution is -2.36. The molecule has 0 aromatic carbocycles. The molecule has 0 spiro atoms. The molecule has 0 aromatic rings. The molecule has 0 saturated carbocycles. The molecular weight excluding hydrogens is 288 g/mol. The normalized spacial score (nSPS) is 20.6. The quantitative estimate of drug-likeness (QED) is 0.315. The van der Waals surface area contributed by atoms with Crippen LogP contribution in [0.25, 0.3) is 0 Å². The van der Waals surface area contributed by atoms with Crippen molar-refractivity contribution in [1.29, 1.82) is 0 Å². The third-order valence-electron chi connectivity index (χ3n) is 2.18. The smallest absolute Gasteiger partial charge is 0.0492 e. The van der Waals surface area contributed by atoms with Crippen LogP contribution in [-0.4, -0.2) is 26.1 Å². The topological polar surface area (TPSA) is 0 Å². The number of hydrogen-bond donors (Lipinski definition) is 6. The van der Waals surface area contributed by atoms with Gasteiger partial charge in [0.05, 0.1) is 0 Å². The van der Waals surface area contributed by atoms with Crippen LogP contribution in [0.2, 0.25) is 0 Å². The van der Waals surface area contributed by atoms with Gasteiger partial charge in [-0.25, -0.2) is 0 Å². The van der Waals surface area contributed by atoms with Crippen molar-refractivity contribution in [2.45, 2.75) is 33.7 Å². The van der Waals surface area contributed by atoms with E-state index < -0.39 is 0 Å². The van der Waals surface area contributed by atoms with E-state index in [0.29, 0.717) is 5.75 Å². The Morgan fingerprint density at radius 1 is 0.929 bits per heavy atom. The van der Waals surface area contributed by atoms with Crippen LogP contribution in [0.5, 0.6) is 0 Å². The molecule has 0 aliphatic rings. The zero-order chi connectivity index (χ0) is 11.3. The number of rotatable bonds is 6. The van der Waals surface area contributed by atoms with Gasteiger partial charge in [-0.15, -0.1) is 0 Å². The van der Waals surface area contributed by atoms with Crippen LogP contribution < -0.4 is 0 Å². The van der Waals surface area contributed by atoms with Crippen molar-refractivity contribution >= 4 is 75.8 Å². The number of thiol groups is 6. The second kappa shape index (κ2) is 8.23. The molecule has 0 amide bonds. The third-order valence-corrected chi connectivity index (χ3v) is 5.70. The van der Waals surface area contributed by atoms with E-state index in [4.69, 9.17) is 0 Å². The maximum Gasteiger partial charge on any atom is 0.0492 e. The first-order valence-electron chi connectivity index (χ1n) is 4.46. The Kier molecular flexibility index (Phi) is 9.46. The first-order valence-corrected chi connectivity index (χ1v) is 7.68. The van der Waals surface area contributed by atoms with Gasteiger partial charge in [-0.3, -0.25) is 0 Å². The van der Waals surface area contributed by atoms with Crippen molar-refractivity contribution < 1.29 is 0 Å². The largest absolute Gasteiger partial charge is 0.178 e. The summed E-state index contributed by atoms with van der Waals surface area (Å²) in [6.45, 7) is 2.10. The summed E-state index contributed by atoms with van der Waals surface area (Å²) >= 11 is 26.5. The minimum absolute atomic E-state index is 0.0339. The van der Waals surface area contributed by atoms with Gasteiger partial charge in [0.2, 0.25) is 0 Å². The fourth-order valence-electron chi connectivity index (χ4n) is 1.22. The van der Waals surface area contributed by atoms with E-state index in [-0.39, 0.29) is 26.2 Å². The molecule has 0 aliphatic heterocycles. The molecule has 14 heavy (non-hydrogen) atoms. The molecule has 0 heterocycles. The minimum atomic E-state index is -0.0339. The van der Waals surface area contributed by atoms with Gasteiger partial charge in [-0.2, -0.15) is 75.8 Å². The second-order valence-electron chi connectivity index (χ2n) is 3.21. The summed E-state index contributed by atoms with van der Waals surface area (Å²) < 4.78 is -0.0339. The van der Waals surface area contributed by atoms with Gasteiger partial charge in [0.15, 0.2) is 0 Å². The Balaban J connectivity index is 4.48. The van der Waals surface area contributed by atoms with Crippen molar-refractivity contribution in [2.75, 3.05) is 5.75 Å². The second-order valence-corrected chi connectivity index (χ2v) is 7.02. The number of hydrogen-bond acceptors (Lipinski definition) is 6. The molecule has 86 valence electrons. The summed E-state index contributed by atoms with van der Waals surface area (Å²) in [5.74, 6) is 0.903. The fraction of sp³-hybridized carbons (Fsp3) is 1.00. The van der Waals surface area contributed by atoms with Gasteiger partial charge in [0.1, 0.15) is 0 Å². The van der Waals surface area contributed by atoms with Gasteiger partial charge in [0.25, 0.3) is 0 Å². The van der Waals surface area contributed by atoms with Crippen LogP contribution in [0.3, 0.4) is 0 Å². The molecule has 6 heteroatoms. The molecule has 0 bridgehead atoms. The van der Waals surface area contributed by atoms with E-state index >= 15 is 0 Å². The van der Waals surface area contributed by atoms with Gasteiger partial charge in [-0.05, 0) is 6.42 Å². The minimum Gasteiger partial charge on any atom is -0.178 e. The molecule has 0 radical (unpaired) electrons. The molecule has 0 nitrogen and oxygen atoms in total. The van der Waals surface area contributed by atoms with Gasteiger partial charge >= 0.3 is 0 Å². The molecule has 0 saturated heterocycles. The Morgan fingerprint density at radius 2 is 1.43 bits per heavy atom. The van der Waals surface area contributed by atoms with Gasteiger partial charge in [-0.1, -0.05) is 6.92 Å². The lowest BCUT2D eigenvalue weighted by molar-refractivity contribution is 0.531. The van der Waals surface area contributed by atoms with E-state index in [1.165, 1.54) is 0 Å². The van der Waals surface area contributed by atoms with E-state index in [2.05, 4.69) is 82.7 Å². The lowest BCUT2D eigenvalue weighted by atomic mass is 9.99. The van der Waals surface area contributed by atoms with Crippen LogP contribution in [0, 0.1) is 5.92 Å². The highest BCUT2D eigenvalue weighted by molar-refractivity contribution is 7.99. The van der Waals surface area contributed by atoms with E-state index in [1.807, 2.05) is 0 Å². The summed E-state index contributed by atoms with van der Waals surface area (Å²) in [4.78, 5) is 0. The maximum atomic E-state index is 4.58. The average molecular weight is 307 g/mol. The van der Waals surface area contributed by atoms with Crippen molar-refractivity contribution in [3.63, 3.8) is 0 Å². The van der Waals surface area contributed by atoms with Crippen LogP contribution in [0.15, 0.2) is 0 Å². The molecule has 0 N–H and O–H groups in total. The molecule has 4 atom stereocenters. The SMILES string of the molecule is CCC(S)C(S)C(C(S)S)C(S)CS. The molecule has 0 fully saturated rings. The average Bonchev–Trinajstić information content (AvgIpc) is 2.15. The first kappa shape index (κ1) is 16.1. The molecule has 0 aliphatic carbocycles. The van der Waals surface area contributed by atoms with Gasteiger partial charge in [0, 0.05) is 32.0 Å². The summed E-state index contributed by atoms with van der Waals surface area (Å²) in [5.41, 5.74) is 0. The fourth-order valence-corrected chi connectivity index (χ4v) is 4.08. The van der Waals surface area contributed by atoms with Crippen LogP contribution in [0.4, 0.5) is 0 Å². The lowest BCUT2D eigenvalue weighted by Gasteiger charge is -2.32. The monoisotopic (exact) mass is 306 g/mol. The predicted molar refractivity (Wildman–Crippen MR) is 87.7 cm³/mol. The van der Waals surface area contributed by atoms with E-state index in [9.17, 15) is 0 Å². The van der Waals surface area contributed by atoms with Crippen LogP contribution in [-0.2, 0) is 0 Å². The summed E-state index contributed by atoms with van der Waals surface area (Å²) in [6, 6.07) is 0. The molecule has 0 rings (SSSR count). The molecule has 0 aromatic heterocycles. The Bertz CT molecular complexity index is 151. The van der Waals surface area contributed by atoms with Crippen molar-refractivity contribution in [3.8, 4) is 0 Å². The summed E-state index contributed by atoms with van der Waals surface area (Å²) in [6.07, 6.45) is 0.981. The van der Waals surface area contributed by atoms with E-state index in [0.717, 1.165) is 6.42 Å².